The molecule has 0 saturated heterocycles. The molecule has 2 amide bonds. The van der Waals surface area contributed by atoms with Crippen LogP contribution in [0.15, 0.2) is 67.1 Å². The number of nitrogen functional groups attached to an aromatic ring is 1. The Bertz CT molecular complexity index is 1480. The molecule has 4 rings (SSSR count). The van der Waals surface area contributed by atoms with Gasteiger partial charge in [-0.25, -0.2) is 15.0 Å². The van der Waals surface area contributed by atoms with Gasteiger partial charge in [0.05, 0.1) is 6.61 Å². The summed E-state index contributed by atoms with van der Waals surface area (Å²) in [6.45, 7) is 2.95. The first-order valence-corrected chi connectivity index (χ1v) is 12.8. The van der Waals surface area contributed by atoms with E-state index in [0.29, 0.717) is 48.0 Å². The molecule has 0 spiro atoms. The van der Waals surface area contributed by atoms with Crippen LogP contribution in [0.3, 0.4) is 0 Å². The molecular weight excluding hydrogens is 494 g/mol. The maximum atomic E-state index is 12.8. The number of aromatic nitrogens is 4. The smallest absolute Gasteiger partial charge is 0.256 e. The van der Waals surface area contributed by atoms with Gasteiger partial charge in [-0.1, -0.05) is 31.6 Å². The summed E-state index contributed by atoms with van der Waals surface area (Å²) in [5.74, 6) is 1.26. The number of rotatable bonds is 11. The van der Waals surface area contributed by atoms with E-state index in [0.717, 1.165) is 29.8 Å². The molecule has 202 valence electrons. The second-order valence-electron chi connectivity index (χ2n) is 9.11. The first-order chi connectivity index (χ1) is 18.9. The van der Waals surface area contributed by atoms with Crippen molar-refractivity contribution in [3.05, 3.63) is 84.1 Å². The fourth-order valence-corrected chi connectivity index (χ4v) is 4.21. The maximum absolute atomic E-state index is 12.8. The molecular formula is C29H33N7O3. The van der Waals surface area contributed by atoms with E-state index in [9.17, 15) is 9.59 Å². The summed E-state index contributed by atoms with van der Waals surface area (Å²) < 4.78 is 6.85. The molecule has 0 bridgehead atoms. The number of anilines is 2. The van der Waals surface area contributed by atoms with Crippen LogP contribution in [-0.4, -0.2) is 63.4 Å². The van der Waals surface area contributed by atoms with Gasteiger partial charge in [-0.15, -0.1) is 0 Å². The summed E-state index contributed by atoms with van der Waals surface area (Å²) in [5.41, 5.74) is 10.0. The molecule has 0 fully saturated rings. The van der Waals surface area contributed by atoms with Crippen LogP contribution in [0.2, 0.25) is 0 Å². The molecule has 10 nitrogen and oxygen atoms in total. The normalized spacial score (nSPS) is 11.3. The van der Waals surface area contributed by atoms with Gasteiger partial charge >= 0.3 is 0 Å². The lowest BCUT2D eigenvalue weighted by Gasteiger charge is -2.14. The molecule has 3 N–H and O–H groups in total. The van der Waals surface area contributed by atoms with E-state index in [1.54, 1.807) is 55.9 Å². The van der Waals surface area contributed by atoms with Gasteiger partial charge in [0.2, 0.25) is 5.91 Å². The molecule has 0 radical (unpaired) electrons. The fourth-order valence-electron chi connectivity index (χ4n) is 4.21. The van der Waals surface area contributed by atoms with E-state index in [4.69, 9.17) is 15.5 Å². The van der Waals surface area contributed by atoms with Gasteiger partial charge in [-0.3, -0.25) is 14.0 Å². The molecule has 0 aliphatic rings. The SMILES string of the molecule is CCCc1ccnc(NC(=O)c2ccc(-c3nc(CCN(C)C(=O)/C=C/COC)n4ccnc(N)c34)cc2)c1. The summed E-state index contributed by atoms with van der Waals surface area (Å²) >= 11 is 0. The lowest BCUT2D eigenvalue weighted by molar-refractivity contribution is -0.124. The quantitative estimate of drug-likeness (QED) is 0.284. The first-order valence-electron chi connectivity index (χ1n) is 12.8. The van der Waals surface area contributed by atoms with Gasteiger partial charge in [-0.2, -0.15) is 0 Å². The van der Waals surface area contributed by atoms with Gasteiger partial charge in [0, 0.05) is 62.9 Å². The number of likely N-dealkylation sites (N-methyl/N-ethyl adjacent to an activating group) is 1. The molecule has 4 aromatic rings. The Hall–Kier alpha value is -4.57. The average molecular weight is 528 g/mol. The van der Waals surface area contributed by atoms with E-state index in [1.165, 1.54) is 6.08 Å². The third-order valence-electron chi connectivity index (χ3n) is 6.25. The number of fused-ring (bicyclic) bond motifs is 1. The monoisotopic (exact) mass is 527 g/mol. The molecule has 3 heterocycles. The van der Waals surface area contributed by atoms with Gasteiger partial charge in [0.15, 0.2) is 0 Å². The third kappa shape index (κ3) is 6.66. The summed E-state index contributed by atoms with van der Waals surface area (Å²) in [6, 6.07) is 11.0. The Balaban J connectivity index is 1.53. The van der Waals surface area contributed by atoms with Gasteiger partial charge < -0.3 is 20.7 Å². The van der Waals surface area contributed by atoms with Crippen LogP contribution in [-0.2, 0) is 22.4 Å². The number of nitrogens with one attached hydrogen (secondary N) is 1. The van der Waals surface area contributed by atoms with Crippen molar-refractivity contribution in [1.82, 2.24) is 24.3 Å². The van der Waals surface area contributed by atoms with E-state index >= 15 is 0 Å². The molecule has 1 aromatic carbocycles. The summed E-state index contributed by atoms with van der Waals surface area (Å²) in [7, 11) is 3.32. The number of carbonyl (C=O) groups excluding carboxylic acids is 2. The van der Waals surface area contributed by atoms with E-state index < -0.39 is 0 Å². The fraction of sp³-hybridized carbons (Fsp3) is 0.276. The highest BCUT2D eigenvalue weighted by Crippen LogP contribution is 2.28. The largest absolute Gasteiger partial charge is 0.382 e. The topological polar surface area (TPSA) is 128 Å². The van der Waals surface area contributed by atoms with E-state index in [1.807, 2.05) is 28.7 Å². The number of hydrogen-bond acceptors (Lipinski definition) is 7. The Kier molecular flexibility index (Phi) is 9.01. The molecule has 0 unspecified atom stereocenters. The van der Waals surface area contributed by atoms with Crippen LogP contribution >= 0.6 is 0 Å². The Morgan fingerprint density at radius 2 is 1.92 bits per heavy atom. The summed E-state index contributed by atoms with van der Waals surface area (Å²) in [4.78, 5) is 40.1. The number of carbonyl (C=O) groups is 2. The van der Waals surface area contributed by atoms with Gasteiger partial charge in [-0.05, 0) is 36.2 Å². The molecule has 0 saturated carbocycles. The molecule has 3 aromatic heterocycles. The van der Waals surface area contributed by atoms with Crippen molar-refractivity contribution >= 4 is 29.0 Å². The predicted octanol–water partition coefficient (Wildman–Crippen LogP) is 3.78. The minimum Gasteiger partial charge on any atom is -0.382 e. The van der Waals surface area contributed by atoms with Crippen molar-refractivity contribution in [3.63, 3.8) is 0 Å². The Labute approximate surface area is 227 Å². The highest BCUT2D eigenvalue weighted by atomic mass is 16.5. The molecule has 39 heavy (non-hydrogen) atoms. The van der Waals surface area contributed by atoms with Crippen molar-refractivity contribution in [3.8, 4) is 11.3 Å². The Morgan fingerprint density at radius 3 is 2.67 bits per heavy atom. The number of imidazole rings is 1. The van der Waals surface area contributed by atoms with Crippen molar-refractivity contribution < 1.29 is 14.3 Å². The lowest BCUT2D eigenvalue weighted by atomic mass is 10.1. The number of hydrogen-bond donors (Lipinski definition) is 2. The van der Waals surface area contributed by atoms with Crippen LogP contribution in [0.25, 0.3) is 16.8 Å². The standard InChI is InChI=1S/C29H33N7O3/c1-4-6-20-12-14-31-23(19-20)33-29(38)22-10-8-21(9-11-22)26-27-28(30)32-15-17-36(27)24(34-26)13-16-35(2)25(37)7-5-18-39-3/h5,7-12,14-15,17,19H,4,6,13,16,18H2,1-3H3,(H2,30,32)(H,31,33,38)/b7-5+. The van der Waals surface area contributed by atoms with Crippen molar-refractivity contribution in [2.45, 2.75) is 26.2 Å². The predicted molar refractivity (Wildman–Crippen MR) is 151 cm³/mol. The summed E-state index contributed by atoms with van der Waals surface area (Å²) in [5, 5.41) is 2.87. The zero-order valence-electron chi connectivity index (χ0n) is 22.4. The number of aryl methyl sites for hydroxylation is 1. The number of amides is 2. The van der Waals surface area contributed by atoms with E-state index in [2.05, 4.69) is 22.2 Å². The van der Waals surface area contributed by atoms with Crippen LogP contribution in [0.5, 0.6) is 0 Å². The lowest BCUT2D eigenvalue weighted by Crippen LogP contribution is -2.27. The molecule has 0 aliphatic carbocycles. The average Bonchev–Trinajstić information content (AvgIpc) is 3.32. The highest BCUT2D eigenvalue weighted by molar-refractivity contribution is 6.04. The number of methoxy groups -OCH3 is 1. The van der Waals surface area contributed by atoms with Gasteiger partial charge in [0.25, 0.3) is 5.91 Å². The number of nitrogens with two attached hydrogens (primary N) is 1. The van der Waals surface area contributed by atoms with Crippen LogP contribution < -0.4 is 11.1 Å². The van der Waals surface area contributed by atoms with Crippen LogP contribution in [0, 0.1) is 0 Å². The van der Waals surface area contributed by atoms with Crippen molar-refractivity contribution in [2.75, 3.05) is 38.4 Å². The van der Waals surface area contributed by atoms with E-state index in [-0.39, 0.29) is 11.8 Å². The third-order valence-corrected chi connectivity index (χ3v) is 6.25. The van der Waals surface area contributed by atoms with Crippen LogP contribution in [0.4, 0.5) is 11.6 Å². The first kappa shape index (κ1) is 27.5. The second-order valence-corrected chi connectivity index (χ2v) is 9.11. The van der Waals surface area contributed by atoms with Crippen molar-refractivity contribution in [1.29, 1.82) is 0 Å². The van der Waals surface area contributed by atoms with Crippen molar-refractivity contribution in [2.24, 2.45) is 0 Å². The number of nitrogens with zero attached hydrogens (tertiary/aromatic N) is 5. The summed E-state index contributed by atoms with van der Waals surface area (Å²) in [6.07, 6.45) is 10.8. The number of pyridine rings is 1. The zero-order valence-corrected chi connectivity index (χ0v) is 22.4. The maximum Gasteiger partial charge on any atom is 0.256 e. The molecule has 10 heteroatoms. The zero-order chi connectivity index (χ0) is 27.8. The minimum atomic E-state index is -0.244. The highest BCUT2D eigenvalue weighted by Gasteiger charge is 2.18. The number of ether oxygens (including phenoxy) is 1. The van der Waals surface area contributed by atoms with Crippen LogP contribution in [0.1, 0.15) is 35.1 Å². The second kappa shape index (κ2) is 12.8. The van der Waals surface area contributed by atoms with Gasteiger partial charge in [0.1, 0.15) is 28.7 Å². The minimum absolute atomic E-state index is 0.115. The molecule has 0 aliphatic heterocycles. The number of benzene rings is 1. The molecule has 0 atom stereocenters. The Morgan fingerprint density at radius 1 is 1.13 bits per heavy atom.